The van der Waals surface area contributed by atoms with E-state index in [9.17, 15) is 4.79 Å². The van der Waals surface area contributed by atoms with E-state index in [2.05, 4.69) is 15.6 Å². The van der Waals surface area contributed by atoms with Gasteiger partial charge in [0, 0.05) is 23.1 Å². The van der Waals surface area contributed by atoms with Crippen LogP contribution in [0.1, 0.15) is 19.4 Å². The Morgan fingerprint density at radius 1 is 1.20 bits per heavy atom. The van der Waals surface area contributed by atoms with Crippen molar-refractivity contribution in [1.29, 1.82) is 0 Å². The molecule has 1 aromatic heterocycles. The van der Waals surface area contributed by atoms with Gasteiger partial charge in [-0.15, -0.1) is 0 Å². The number of carbonyl (C=O) groups is 1. The third-order valence-electron chi connectivity index (χ3n) is 2.91. The second-order valence-electron chi connectivity index (χ2n) is 4.95. The van der Waals surface area contributed by atoms with E-state index in [1.165, 1.54) is 0 Å². The highest BCUT2D eigenvalue weighted by molar-refractivity contribution is 6.30. The average molecular weight is 290 g/mol. The van der Waals surface area contributed by atoms with Crippen molar-refractivity contribution in [3.8, 4) is 0 Å². The van der Waals surface area contributed by atoms with Crippen LogP contribution in [-0.4, -0.2) is 11.0 Å². The normalized spacial score (nSPS) is 10.9. The Balaban J connectivity index is 2.02. The molecule has 2 rings (SSSR count). The van der Waals surface area contributed by atoms with Crippen molar-refractivity contribution in [2.24, 2.45) is 0 Å². The molecule has 20 heavy (non-hydrogen) atoms. The van der Waals surface area contributed by atoms with Crippen molar-refractivity contribution in [3.63, 3.8) is 0 Å². The molecule has 1 heterocycles. The lowest BCUT2D eigenvalue weighted by Crippen LogP contribution is -2.43. The monoisotopic (exact) mass is 289 g/mol. The Kier molecular flexibility index (Phi) is 4.25. The van der Waals surface area contributed by atoms with E-state index in [4.69, 9.17) is 11.6 Å². The van der Waals surface area contributed by atoms with Gasteiger partial charge < -0.3 is 10.6 Å². The molecule has 0 aliphatic heterocycles. The minimum absolute atomic E-state index is 0.277. The lowest BCUT2D eigenvalue weighted by atomic mass is 9.96. The van der Waals surface area contributed by atoms with Gasteiger partial charge in [0.25, 0.3) is 0 Å². The summed E-state index contributed by atoms with van der Waals surface area (Å²) in [6, 6.07) is 10.4. The maximum atomic E-state index is 12.0. The zero-order valence-electron chi connectivity index (χ0n) is 11.4. The highest BCUT2D eigenvalue weighted by Crippen LogP contribution is 2.19. The molecule has 0 bridgehead atoms. The molecule has 2 amide bonds. The molecule has 2 N–H and O–H groups in total. The molecule has 0 radical (unpaired) electrons. The molecule has 104 valence electrons. The van der Waals surface area contributed by atoms with Gasteiger partial charge in [0.05, 0.1) is 5.54 Å². The van der Waals surface area contributed by atoms with E-state index in [1.54, 1.807) is 36.7 Å². The lowest BCUT2D eigenvalue weighted by Gasteiger charge is -2.26. The first-order valence-corrected chi connectivity index (χ1v) is 6.60. The largest absolute Gasteiger partial charge is 0.329 e. The van der Waals surface area contributed by atoms with Crippen LogP contribution in [0.25, 0.3) is 0 Å². The number of aromatic nitrogens is 1. The van der Waals surface area contributed by atoms with Crippen molar-refractivity contribution in [3.05, 3.63) is 59.4 Å². The molecule has 0 atom stereocenters. The van der Waals surface area contributed by atoms with Crippen LogP contribution in [0.5, 0.6) is 0 Å². The van der Waals surface area contributed by atoms with Gasteiger partial charge in [-0.25, -0.2) is 4.79 Å². The van der Waals surface area contributed by atoms with Crippen molar-refractivity contribution in [2.45, 2.75) is 19.4 Å². The van der Waals surface area contributed by atoms with E-state index in [0.29, 0.717) is 10.7 Å². The number of carbonyl (C=O) groups excluding carboxylic acids is 1. The minimum atomic E-state index is -0.509. The van der Waals surface area contributed by atoms with Crippen LogP contribution in [0.4, 0.5) is 10.5 Å². The summed E-state index contributed by atoms with van der Waals surface area (Å²) in [5, 5.41) is 6.31. The summed E-state index contributed by atoms with van der Waals surface area (Å²) in [4.78, 5) is 16.1. The standard InChI is InChI=1S/C15H16ClN3O/c1-15(2,11-4-3-9-17-10-11)19-14(20)18-13-7-5-12(16)6-8-13/h3-10H,1-2H3,(H2,18,19,20). The second kappa shape index (κ2) is 5.92. The van der Waals surface area contributed by atoms with Crippen LogP contribution in [0.3, 0.4) is 0 Å². The number of amides is 2. The van der Waals surface area contributed by atoms with Crippen molar-refractivity contribution >= 4 is 23.3 Å². The fourth-order valence-electron chi connectivity index (χ4n) is 1.78. The number of pyridine rings is 1. The molecule has 1 aromatic carbocycles. The SMILES string of the molecule is CC(C)(NC(=O)Nc1ccc(Cl)cc1)c1cccnc1. The first-order valence-electron chi connectivity index (χ1n) is 6.22. The Labute approximate surface area is 123 Å². The number of anilines is 1. The topological polar surface area (TPSA) is 54.0 Å². The predicted octanol–water partition coefficient (Wildman–Crippen LogP) is 3.79. The molecular weight excluding hydrogens is 274 g/mol. The Hall–Kier alpha value is -2.07. The Morgan fingerprint density at radius 3 is 2.50 bits per heavy atom. The van der Waals surface area contributed by atoms with Crippen LogP contribution >= 0.6 is 11.6 Å². The molecule has 0 saturated heterocycles. The number of nitrogens with one attached hydrogen (secondary N) is 2. The van der Waals surface area contributed by atoms with E-state index in [0.717, 1.165) is 5.56 Å². The predicted molar refractivity (Wildman–Crippen MR) is 80.9 cm³/mol. The quantitative estimate of drug-likeness (QED) is 0.903. The van der Waals surface area contributed by atoms with Crippen LogP contribution in [0, 0.1) is 0 Å². The van der Waals surface area contributed by atoms with Gasteiger partial charge in [-0.3, -0.25) is 4.98 Å². The molecule has 2 aromatic rings. The molecule has 0 spiro atoms. The summed E-state index contributed by atoms with van der Waals surface area (Å²) in [5.41, 5.74) is 1.12. The molecule has 0 saturated carbocycles. The number of urea groups is 1. The average Bonchev–Trinajstić information content (AvgIpc) is 2.42. The van der Waals surface area contributed by atoms with Crippen molar-refractivity contribution in [2.75, 3.05) is 5.32 Å². The molecule has 0 unspecified atom stereocenters. The van der Waals surface area contributed by atoms with Gasteiger partial charge in [-0.2, -0.15) is 0 Å². The molecule has 4 nitrogen and oxygen atoms in total. The Bertz CT molecular complexity index is 582. The summed E-state index contributed by atoms with van der Waals surface area (Å²) in [6.45, 7) is 3.84. The minimum Gasteiger partial charge on any atom is -0.329 e. The van der Waals surface area contributed by atoms with E-state index in [1.807, 2.05) is 26.0 Å². The van der Waals surface area contributed by atoms with Crippen LogP contribution in [0.15, 0.2) is 48.8 Å². The smallest absolute Gasteiger partial charge is 0.319 e. The maximum Gasteiger partial charge on any atom is 0.319 e. The molecule has 0 aliphatic rings. The van der Waals surface area contributed by atoms with Crippen LogP contribution in [-0.2, 0) is 5.54 Å². The summed E-state index contributed by atoms with van der Waals surface area (Å²) in [6.07, 6.45) is 3.44. The summed E-state index contributed by atoms with van der Waals surface area (Å²) >= 11 is 5.80. The van der Waals surface area contributed by atoms with Gasteiger partial charge in [-0.1, -0.05) is 17.7 Å². The van der Waals surface area contributed by atoms with Gasteiger partial charge >= 0.3 is 6.03 Å². The zero-order chi connectivity index (χ0) is 14.6. The summed E-state index contributed by atoms with van der Waals surface area (Å²) < 4.78 is 0. The maximum absolute atomic E-state index is 12.0. The fraction of sp³-hybridized carbons (Fsp3) is 0.200. The van der Waals surface area contributed by atoms with E-state index < -0.39 is 5.54 Å². The molecule has 5 heteroatoms. The molecule has 0 aliphatic carbocycles. The van der Waals surface area contributed by atoms with Gasteiger partial charge in [0.15, 0.2) is 0 Å². The van der Waals surface area contributed by atoms with Gasteiger partial charge in [0.1, 0.15) is 0 Å². The summed E-state index contributed by atoms with van der Waals surface area (Å²) in [5.74, 6) is 0. The number of halogens is 1. The number of nitrogens with zero attached hydrogens (tertiary/aromatic N) is 1. The summed E-state index contributed by atoms with van der Waals surface area (Å²) in [7, 11) is 0. The van der Waals surface area contributed by atoms with Gasteiger partial charge in [0.2, 0.25) is 0 Å². The van der Waals surface area contributed by atoms with E-state index in [-0.39, 0.29) is 6.03 Å². The first kappa shape index (κ1) is 14.3. The third-order valence-corrected chi connectivity index (χ3v) is 3.16. The zero-order valence-corrected chi connectivity index (χ0v) is 12.1. The number of benzene rings is 1. The number of hydrogen-bond acceptors (Lipinski definition) is 2. The molecule has 0 fully saturated rings. The van der Waals surface area contributed by atoms with Gasteiger partial charge in [-0.05, 0) is 49.7 Å². The number of hydrogen-bond donors (Lipinski definition) is 2. The first-order chi connectivity index (χ1) is 9.47. The second-order valence-corrected chi connectivity index (χ2v) is 5.39. The highest BCUT2D eigenvalue weighted by atomic mass is 35.5. The van der Waals surface area contributed by atoms with Crippen molar-refractivity contribution in [1.82, 2.24) is 10.3 Å². The third kappa shape index (κ3) is 3.71. The Morgan fingerprint density at radius 2 is 1.90 bits per heavy atom. The fourth-order valence-corrected chi connectivity index (χ4v) is 1.91. The lowest BCUT2D eigenvalue weighted by molar-refractivity contribution is 0.242. The van der Waals surface area contributed by atoms with Crippen LogP contribution in [0.2, 0.25) is 5.02 Å². The molecular formula is C15H16ClN3O. The van der Waals surface area contributed by atoms with Crippen LogP contribution < -0.4 is 10.6 Å². The van der Waals surface area contributed by atoms with E-state index >= 15 is 0 Å². The number of rotatable bonds is 3. The van der Waals surface area contributed by atoms with Crippen molar-refractivity contribution < 1.29 is 4.79 Å². The highest BCUT2D eigenvalue weighted by Gasteiger charge is 2.22.